The van der Waals surface area contributed by atoms with Gasteiger partial charge in [0.05, 0.1) is 11.6 Å². The van der Waals surface area contributed by atoms with E-state index in [1.807, 2.05) is 74.8 Å². The summed E-state index contributed by atoms with van der Waals surface area (Å²) in [4.78, 5) is 23.1. The van der Waals surface area contributed by atoms with Gasteiger partial charge in [0.2, 0.25) is 11.4 Å². The Bertz CT molecular complexity index is 1450. The molecule has 2 N–H and O–H groups in total. The van der Waals surface area contributed by atoms with Crippen LogP contribution in [0.1, 0.15) is 11.1 Å². The number of hydrogen-bond donors (Lipinski definition) is 0. The number of pyridine rings is 4. The third-order valence-electron chi connectivity index (χ3n) is 5.36. The van der Waals surface area contributed by atoms with Crippen LogP contribution < -0.4 is 20.2 Å². The van der Waals surface area contributed by atoms with E-state index in [0.717, 1.165) is 33.6 Å². The van der Waals surface area contributed by atoms with E-state index in [1.54, 1.807) is 24.8 Å². The summed E-state index contributed by atoms with van der Waals surface area (Å²) in [5, 5.41) is 16.4. The second kappa shape index (κ2) is 12.1. The average Bonchev–Trinajstić information content (AvgIpc) is 3.62. The van der Waals surface area contributed by atoms with Crippen LogP contribution in [0.3, 0.4) is 0 Å². The first-order valence-corrected chi connectivity index (χ1v) is 11.2. The minimum absolute atomic E-state index is 0. The first-order valence-electron chi connectivity index (χ1n) is 11.2. The van der Waals surface area contributed by atoms with Gasteiger partial charge in [-0.15, -0.1) is 0 Å². The fourth-order valence-electron chi connectivity index (χ4n) is 3.46. The Labute approximate surface area is 229 Å². The molecule has 0 aliphatic heterocycles. The predicted molar refractivity (Wildman–Crippen MR) is 136 cm³/mol. The second-order valence-corrected chi connectivity index (χ2v) is 7.85. The Balaban J connectivity index is 0.000000168. The van der Waals surface area contributed by atoms with Crippen LogP contribution in [0.2, 0.25) is 0 Å². The normalized spacial score (nSPS) is 10.2. The molecule has 0 amide bonds. The summed E-state index contributed by atoms with van der Waals surface area (Å²) < 4.78 is 0. The number of hydrogen-bond acceptors (Lipinski definition) is 6. The quantitative estimate of drug-likeness (QED) is 0.338. The van der Waals surface area contributed by atoms with Crippen molar-refractivity contribution in [1.82, 2.24) is 40.3 Å². The predicted octanol–water partition coefficient (Wildman–Crippen LogP) is 2.19. The number of nitrogens with zero attached hydrogens (tertiary/aromatic N) is 8. The SMILES string of the molecule is Cc1ccc[nH+]c1-c1nc(-c2ccncc2)n[n-]1.Cc1ccc[nH+]c1-c1nc(-c2ccncc2)n[n-]1.[Mg+2]. The van der Waals surface area contributed by atoms with Crippen LogP contribution in [0.15, 0.2) is 85.7 Å². The van der Waals surface area contributed by atoms with Gasteiger partial charge >= 0.3 is 23.1 Å². The molecule has 0 unspecified atom stereocenters. The molecule has 6 aromatic rings. The van der Waals surface area contributed by atoms with Crippen molar-refractivity contribution in [1.29, 1.82) is 0 Å². The van der Waals surface area contributed by atoms with Crippen molar-refractivity contribution in [2.75, 3.05) is 0 Å². The van der Waals surface area contributed by atoms with E-state index in [-0.39, 0.29) is 23.1 Å². The summed E-state index contributed by atoms with van der Waals surface area (Å²) in [5.74, 6) is 2.45. The molecule has 0 aliphatic carbocycles. The number of nitrogens with one attached hydrogen (secondary N) is 2. The van der Waals surface area contributed by atoms with Crippen LogP contribution in [0.4, 0.5) is 0 Å². The summed E-state index contributed by atoms with van der Waals surface area (Å²) >= 11 is 0. The van der Waals surface area contributed by atoms with E-state index < -0.39 is 0 Å². The van der Waals surface area contributed by atoms with E-state index in [9.17, 15) is 0 Å². The van der Waals surface area contributed by atoms with Gasteiger partial charge in [0.1, 0.15) is 0 Å². The Morgan fingerprint density at radius 1 is 0.595 bits per heavy atom. The van der Waals surface area contributed by atoms with Gasteiger partial charge in [-0.3, -0.25) is 20.2 Å². The Morgan fingerprint density at radius 3 is 1.38 bits per heavy atom. The van der Waals surface area contributed by atoms with Crippen LogP contribution in [0.5, 0.6) is 0 Å². The molecule has 0 aliphatic rings. The fraction of sp³-hybridized carbons (Fsp3) is 0.0769. The molecule has 0 saturated heterocycles. The zero-order chi connectivity index (χ0) is 24.7. The van der Waals surface area contributed by atoms with E-state index in [1.165, 1.54) is 0 Å². The summed E-state index contributed by atoms with van der Waals surface area (Å²) in [6, 6.07) is 15.4. The second-order valence-electron chi connectivity index (χ2n) is 7.85. The summed E-state index contributed by atoms with van der Waals surface area (Å²) in [5.41, 5.74) is 5.79. The van der Waals surface area contributed by atoms with Crippen molar-refractivity contribution < 1.29 is 9.97 Å². The molecule has 0 radical (unpaired) electrons. The van der Waals surface area contributed by atoms with Crippen molar-refractivity contribution in [2.24, 2.45) is 0 Å². The molecular formula is C26H22MgN10+2. The third-order valence-corrected chi connectivity index (χ3v) is 5.36. The summed E-state index contributed by atoms with van der Waals surface area (Å²) in [6.07, 6.45) is 10.6. The molecule has 10 nitrogen and oxygen atoms in total. The van der Waals surface area contributed by atoms with Gasteiger partial charge in [-0.25, -0.2) is 9.97 Å². The molecule has 0 spiro atoms. The van der Waals surface area contributed by atoms with Crippen LogP contribution in [-0.2, 0) is 0 Å². The van der Waals surface area contributed by atoms with Crippen molar-refractivity contribution in [3.63, 3.8) is 0 Å². The maximum atomic E-state index is 4.43. The molecule has 0 bridgehead atoms. The largest absolute Gasteiger partial charge is 2.00 e. The van der Waals surface area contributed by atoms with E-state index >= 15 is 0 Å². The molecule has 0 atom stereocenters. The Morgan fingerprint density at radius 2 is 1.00 bits per heavy atom. The van der Waals surface area contributed by atoms with Gasteiger partial charge < -0.3 is 20.2 Å². The number of aryl methyl sites for hydroxylation is 2. The van der Waals surface area contributed by atoms with E-state index in [4.69, 9.17) is 0 Å². The third kappa shape index (κ3) is 6.08. The number of rotatable bonds is 4. The van der Waals surface area contributed by atoms with Crippen molar-refractivity contribution >= 4 is 23.1 Å². The van der Waals surface area contributed by atoms with Crippen molar-refractivity contribution in [3.8, 4) is 45.8 Å². The molecule has 37 heavy (non-hydrogen) atoms. The molecule has 0 aromatic carbocycles. The molecule has 0 fully saturated rings. The van der Waals surface area contributed by atoms with Crippen molar-refractivity contribution in [2.45, 2.75) is 13.8 Å². The zero-order valence-corrected chi connectivity index (χ0v) is 21.8. The monoisotopic (exact) mass is 498 g/mol. The van der Waals surface area contributed by atoms with Crippen molar-refractivity contribution in [3.05, 3.63) is 96.8 Å². The van der Waals surface area contributed by atoms with Crippen LogP contribution >= 0.6 is 0 Å². The maximum absolute atomic E-state index is 4.43. The number of aromatic amines is 2. The first kappa shape index (κ1) is 25.7. The minimum Gasteiger partial charge on any atom is -0.413 e. The smallest absolute Gasteiger partial charge is 0.413 e. The fourth-order valence-corrected chi connectivity index (χ4v) is 3.46. The first-order chi connectivity index (χ1) is 17.7. The zero-order valence-electron chi connectivity index (χ0n) is 20.4. The van der Waals surface area contributed by atoms with Gasteiger partial charge in [-0.2, -0.15) is 0 Å². The molecular weight excluding hydrogens is 477 g/mol. The maximum Gasteiger partial charge on any atom is 2.00 e. The van der Waals surface area contributed by atoms with E-state index in [0.29, 0.717) is 23.3 Å². The summed E-state index contributed by atoms with van der Waals surface area (Å²) in [7, 11) is 0. The van der Waals surface area contributed by atoms with E-state index in [2.05, 4.69) is 50.3 Å². The average molecular weight is 499 g/mol. The van der Waals surface area contributed by atoms with Gasteiger partial charge in [-0.05, 0) is 61.4 Å². The minimum atomic E-state index is 0. The Hall–Kier alpha value is -4.35. The van der Waals surface area contributed by atoms with Gasteiger partial charge in [0, 0.05) is 59.7 Å². The molecule has 6 aromatic heterocycles. The molecule has 11 heteroatoms. The topological polar surface area (TPSA) is 134 Å². The number of aromatic nitrogens is 10. The molecule has 6 heterocycles. The summed E-state index contributed by atoms with van der Waals surface area (Å²) in [6.45, 7) is 4.02. The van der Waals surface area contributed by atoms with Crippen LogP contribution in [-0.4, -0.2) is 53.2 Å². The molecule has 6 rings (SSSR count). The number of H-pyrrole nitrogens is 2. The molecule has 176 valence electrons. The van der Waals surface area contributed by atoms with Gasteiger partial charge in [0.15, 0.2) is 12.4 Å². The van der Waals surface area contributed by atoms with Gasteiger partial charge in [0.25, 0.3) is 0 Å². The standard InChI is InChI=1S/2C13H10N5.Mg/c2*1-9-3-2-6-15-11(9)13-16-12(17-18-13)10-4-7-14-8-5-10;/h2*2-8H,1H3;/q2*-1;+2/p+2. The van der Waals surface area contributed by atoms with Crippen LogP contribution in [0.25, 0.3) is 45.8 Å². The Kier molecular flexibility index (Phi) is 8.39. The molecule has 0 saturated carbocycles. The van der Waals surface area contributed by atoms with Gasteiger partial charge in [-0.1, -0.05) is 0 Å². The van der Waals surface area contributed by atoms with Crippen LogP contribution in [0, 0.1) is 13.8 Å².